The van der Waals surface area contributed by atoms with Crippen LogP contribution in [0.5, 0.6) is 0 Å². The highest BCUT2D eigenvalue weighted by Gasteiger charge is 2.16. The maximum Gasteiger partial charge on any atom is 0.413 e. The number of amides is 1. The number of halogens is 2. The Balaban J connectivity index is 2.19. The van der Waals surface area contributed by atoms with Gasteiger partial charge in [-0.2, -0.15) is 0 Å². The molecule has 0 radical (unpaired) electrons. The van der Waals surface area contributed by atoms with E-state index < -0.39 is 23.3 Å². The fourth-order valence-electron chi connectivity index (χ4n) is 2.33. The lowest BCUT2D eigenvalue weighted by molar-refractivity contribution is 0.0562. The zero-order valence-electron chi connectivity index (χ0n) is 16.1. The predicted molar refractivity (Wildman–Crippen MR) is 101 cm³/mol. The van der Waals surface area contributed by atoms with Gasteiger partial charge in [-0.15, -0.1) is 0 Å². The number of amidine groups is 1. The van der Waals surface area contributed by atoms with Gasteiger partial charge in [0.1, 0.15) is 23.1 Å². The topological polar surface area (TPSA) is 63.6 Å². The van der Waals surface area contributed by atoms with Crippen molar-refractivity contribution < 1.29 is 18.3 Å². The molecule has 27 heavy (non-hydrogen) atoms. The molecular formula is C20H23F2N3O2. The quantitative estimate of drug-likeness (QED) is 0.620. The Bertz CT molecular complexity index is 874. The molecule has 0 unspecified atom stereocenters. The zero-order valence-corrected chi connectivity index (χ0v) is 16.1. The van der Waals surface area contributed by atoms with Crippen LogP contribution in [-0.4, -0.2) is 22.5 Å². The molecule has 0 bridgehead atoms. The molecule has 5 nitrogen and oxygen atoms in total. The molecule has 0 fully saturated rings. The minimum atomic E-state index is -0.703. The van der Waals surface area contributed by atoms with Crippen molar-refractivity contribution in [3.8, 4) is 11.1 Å². The summed E-state index contributed by atoms with van der Waals surface area (Å²) in [5.41, 5.74) is 1.24. The summed E-state index contributed by atoms with van der Waals surface area (Å²) >= 11 is 0. The van der Waals surface area contributed by atoms with Crippen molar-refractivity contribution in [2.45, 2.75) is 46.8 Å². The van der Waals surface area contributed by atoms with Gasteiger partial charge in [0.15, 0.2) is 0 Å². The van der Waals surface area contributed by atoms with Gasteiger partial charge in [0.05, 0.1) is 6.54 Å². The van der Waals surface area contributed by atoms with Gasteiger partial charge >= 0.3 is 6.09 Å². The van der Waals surface area contributed by atoms with Crippen LogP contribution in [0.25, 0.3) is 11.1 Å². The molecule has 2 rings (SSSR count). The third kappa shape index (κ3) is 6.13. The molecule has 0 saturated carbocycles. The van der Waals surface area contributed by atoms with E-state index in [2.05, 4.69) is 15.3 Å². The van der Waals surface area contributed by atoms with Crippen molar-refractivity contribution in [1.82, 2.24) is 10.3 Å². The summed E-state index contributed by atoms with van der Waals surface area (Å²) in [7, 11) is 0. The van der Waals surface area contributed by atoms with Crippen LogP contribution in [0.2, 0.25) is 0 Å². The van der Waals surface area contributed by atoms with Gasteiger partial charge in [0.2, 0.25) is 0 Å². The van der Waals surface area contributed by atoms with E-state index in [9.17, 15) is 13.6 Å². The maximum atomic E-state index is 14.2. The molecule has 0 spiro atoms. The minimum Gasteiger partial charge on any atom is -0.444 e. The molecule has 144 valence electrons. The third-order valence-corrected chi connectivity index (χ3v) is 3.49. The molecule has 1 amide bonds. The molecule has 1 aromatic heterocycles. The van der Waals surface area contributed by atoms with Crippen LogP contribution < -0.4 is 5.32 Å². The molecule has 2 aromatic rings. The number of benzene rings is 1. The number of pyridine rings is 1. The van der Waals surface area contributed by atoms with Gasteiger partial charge < -0.3 is 4.74 Å². The smallest absolute Gasteiger partial charge is 0.413 e. The number of aromatic nitrogens is 1. The van der Waals surface area contributed by atoms with E-state index in [1.165, 1.54) is 12.3 Å². The number of alkyl carbamates (subject to hydrolysis) is 1. The summed E-state index contributed by atoms with van der Waals surface area (Å²) in [5, 5.41) is 2.47. The summed E-state index contributed by atoms with van der Waals surface area (Å²) in [4.78, 5) is 19.9. The number of ether oxygens (including phenoxy) is 1. The second-order valence-corrected chi connectivity index (χ2v) is 7.20. The standard InChI is InChI=1S/C20H23F2N3O2/c1-12-6-14(10-23-9-12)16-7-15(17(21)8-18(16)22)11-24-13(2)25-19(26)27-20(3,4)5/h6-10H,11H2,1-5H3,(H,24,25,26). The van der Waals surface area contributed by atoms with E-state index in [1.807, 2.05) is 6.92 Å². The molecule has 0 aliphatic rings. The summed E-state index contributed by atoms with van der Waals surface area (Å²) in [6.07, 6.45) is 2.53. The molecule has 0 saturated heterocycles. The van der Waals surface area contributed by atoms with Crippen molar-refractivity contribution in [3.05, 3.63) is 53.4 Å². The van der Waals surface area contributed by atoms with Crippen molar-refractivity contribution in [3.63, 3.8) is 0 Å². The molecule has 7 heteroatoms. The van der Waals surface area contributed by atoms with E-state index in [-0.39, 0.29) is 23.5 Å². The lowest BCUT2D eigenvalue weighted by atomic mass is 10.0. The van der Waals surface area contributed by atoms with Crippen LogP contribution in [0.15, 0.2) is 35.6 Å². The average molecular weight is 375 g/mol. The average Bonchev–Trinajstić information content (AvgIpc) is 2.52. The summed E-state index contributed by atoms with van der Waals surface area (Å²) in [6, 6.07) is 4.01. The van der Waals surface area contributed by atoms with Crippen LogP contribution in [0.3, 0.4) is 0 Å². The Labute approximate surface area is 157 Å². The number of aryl methyl sites for hydroxylation is 1. The second kappa shape index (κ2) is 8.24. The van der Waals surface area contributed by atoms with Crippen LogP contribution in [0, 0.1) is 18.6 Å². The van der Waals surface area contributed by atoms with E-state index in [4.69, 9.17) is 4.74 Å². The maximum absolute atomic E-state index is 14.2. The van der Waals surface area contributed by atoms with Gasteiger partial charge in [0, 0.05) is 35.2 Å². The first-order valence-corrected chi connectivity index (χ1v) is 8.46. The first kappa shape index (κ1) is 20.5. The zero-order chi connectivity index (χ0) is 20.2. The lowest BCUT2D eigenvalue weighted by Gasteiger charge is -2.19. The molecule has 0 aliphatic carbocycles. The van der Waals surface area contributed by atoms with Crippen LogP contribution >= 0.6 is 0 Å². The van der Waals surface area contributed by atoms with Gasteiger partial charge in [-0.3, -0.25) is 15.3 Å². The summed E-state index contributed by atoms with van der Waals surface area (Å²) in [5.74, 6) is -1.10. The molecule has 0 aliphatic heterocycles. The molecule has 1 aromatic carbocycles. The summed E-state index contributed by atoms with van der Waals surface area (Å²) in [6.45, 7) is 8.59. The Morgan fingerprint density at radius 2 is 1.89 bits per heavy atom. The van der Waals surface area contributed by atoms with Crippen molar-refractivity contribution >= 4 is 11.9 Å². The number of hydrogen-bond acceptors (Lipinski definition) is 4. The predicted octanol–water partition coefficient (Wildman–Crippen LogP) is 4.78. The number of carbonyl (C=O) groups is 1. The molecule has 0 atom stereocenters. The fourth-order valence-corrected chi connectivity index (χ4v) is 2.33. The lowest BCUT2D eigenvalue weighted by Crippen LogP contribution is -2.35. The molecule has 1 N–H and O–H groups in total. The normalized spacial score (nSPS) is 12.0. The highest BCUT2D eigenvalue weighted by molar-refractivity contribution is 5.93. The van der Waals surface area contributed by atoms with E-state index in [0.717, 1.165) is 11.6 Å². The third-order valence-electron chi connectivity index (χ3n) is 3.49. The highest BCUT2D eigenvalue weighted by Crippen LogP contribution is 2.26. The van der Waals surface area contributed by atoms with E-state index >= 15 is 0 Å². The van der Waals surface area contributed by atoms with Crippen molar-refractivity contribution in [2.75, 3.05) is 0 Å². The molecular weight excluding hydrogens is 352 g/mol. The van der Waals surface area contributed by atoms with Gasteiger partial charge in [0.25, 0.3) is 0 Å². The SMILES string of the molecule is CC(=NCc1cc(-c2cncc(C)c2)c(F)cc1F)NC(=O)OC(C)(C)C. The number of carbonyl (C=O) groups excluding carboxylic acids is 1. The van der Waals surface area contributed by atoms with Gasteiger partial charge in [-0.25, -0.2) is 13.6 Å². The Morgan fingerprint density at radius 3 is 2.52 bits per heavy atom. The number of aliphatic imine (C=N–C) groups is 1. The Kier molecular flexibility index (Phi) is 6.25. The monoisotopic (exact) mass is 375 g/mol. The number of nitrogens with zero attached hydrogens (tertiary/aromatic N) is 2. The number of rotatable bonds is 3. The fraction of sp³-hybridized carbons (Fsp3) is 0.350. The summed E-state index contributed by atoms with van der Waals surface area (Å²) < 4.78 is 33.4. The largest absolute Gasteiger partial charge is 0.444 e. The Hall–Kier alpha value is -2.83. The van der Waals surface area contributed by atoms with Crippen LogP contribution in [0.1, 0.15) is 38.8 Å². The van der Waals surface area contributed by atoms with Crippen LogP contribution in [-0.2, 0) is 11.3 Å². The van der Waals surface area contributed by atoms with Crippen LogP contribution in [0.4, 0.5) is 13.6 Å². The van der Waals surface area contributed by atoms with E-state index in [0.29, 0.717) is 5.56 Å². The first-order chi connectivity index (χ1) is 12.5. The van der Waals surface area contributed by atoms with Gasteiger partial charge in [-0.05, 0) is 52.3 Å². The van der Waals surface area contributed by atoms with Crippen molar-refractivity contribution in [2.24, 2.45) is 4.99 Å². The van der Waals surface area contributed by atoms with E-state index in [1.54, 1.807) is 40.0 Å². The first-order valence-electron chi connectivity index (χ1n) is 8.46. The number of hydrogen-bond donors (Lipinski definition) is 1. The Morgan fingerprint density at radius 1 is 1.19 bits per heavy atom. The minimum absolute atomic E-state index is 0.0556. The second-order valence-electron chi connectivity index (χ2n) is 7.20. The van der Waals surface area contributed by atoms with Gasteiger partial charge in [-0.1, -0.05) is 0 Å². The number of nitrogens with one attached hydrogen (secondary N) is 1. The molecule has 1 heterocycles. The highest BCUT2D eigenvalue weighted by atomic mass is 19.1. The van der Waals surface area contributed by atoms with Crippen molar-refractivity contribution in [1.29, 1.82) is 0 Å².